The van der Waals surface area contributed by atoms with Gasteiger partial charge in [0.25, 0.3) is 5.91 Å². The maximum absolute atomic E-state index is 13.5. The molecule has 1 aliphatic carbocycles. The fraction of sp³-hybridized carbons (Fsp3) is 0.522. The largest absolute Gasteiger partial charge is 0.338 e. The van der Waals surface area contributed by atoms with E-state index in [0.29, 0.717) is 17.3 Å². The number of likely N-dealkylation sites (tertiary alicyclic amines) is 1. The maximum atomic E-state index is 13.5. The van der Waals surface area contributed by atoms with Crippen molar-refractivity contribution in [2.24, 2.45) is 16.7 Å². The van der Waals surface area contributed by atoms with Crippen LogP contribution in [0.3, 0.4) is 0 Å². The number of fused-ring (bicyclic) bond motifs is 1. The number of aryl methyl sites for hydroxylation is 1. The lowest BCUT2D eigenvalue weighted by Crippen LogP contribution is -2.57. The number of benzene rings is 1. The van der Waals surface area contributed by atoms with Gasteiger partial charge in [-0.25, -0.2) is 9.97 Å². The van der Waals surface area contributed by atoms with E-state index in [1.165, 1.54) is 6.42 Å². The van der Waals surface area contributed by atoms with Crippen LogP contribution in [0.4, 0.5) is 0 Å². The van der Waals surface area contributed by atoms with E-state index >= 15 is 0 Å². The molecule has 0 bridgehead atoms. The molecule has 1 aromatic heterocycles. The Morgan fingerprint density at radius 3 is 2.61 bits per heavy atom. The van der Waals surface area contributed by atoms with Gasteiger partial charge >= 0.3 is 0 Å². The van der Waals surface area contributed by atoms with Crippen LogP contribution in [0.5, 0.6) is 0 Å². The SMILES string of the molecule is Cc1ncc(C(=O)N2C[C@@H]3C(C)(C)C[C@]3(CN(C)C)C2)c(-c2ccccc2)n1. The van der Waals surface area contributed by atoms with Gasteiger partial charge in [-0.3, -0.25) is 4.79 Å². The Balaban J connectivity index is 1.66. The zero-order valence-electron chi connectivity index (χ0n) is 17.6. The Kier molecular flexibility index (Phi) is 4.53. The van der Waals surface area contributed by atoms with Crippen LogP contribution in [0.15, 0.2) is 36.5 Å². The smallest absolute Gasteiger partial charge is 0.257 e. The van der Waals surface area contributed by atoms with Gasteiger partial charge in [-0.05, 0) is 38.8 Å². The van der Waals surface area contributed by atoms with Crippen molar-refractivity contribution in [3.63, 3.8) is 0 Å². The second kappa shape index (κ2) is 6.66. The van der Waals surface area contributed by atoms with Gasteiger partial charge in [0.05, 0.1) is 11.3 Å². The number of rotatable bonds is 4. The molecular formula is C23H30N4O. The second-order valence-corrected chi connectivity index (χ2v) is 9.55. The lowest BCUT2D eigenvalue weighted by Gasteiger charge is -2.57. The van der Waals surface area contributed by atoms with Crippen molar-refractivity contribution in [3.8, 4) is 11.3 Å². The first-order chi connectivity index (χ1) is 13.2. The number of aromatic nitrogens is 2. The Bertz CT molecular complexity index is 889. The van der Waals surface area contributed by atoms with Gasteiger partial charge < -0.3 is 9.80 Å². The van der Waals surface area contributed by atoms with E-state index in [-0.39, 0.29) is 16.7 Å². The van der Waals surface area contributed by atoms with Gasteiger partial charge in [-0.1, -0.05) is 44.2 Å². The number of amides is 1. The zero-order chi connectivity index (χ0) is 20.1. The lowest BCUT2D eigenvalue weighted by molar-refractivity contribution is -0.0789. The summed E-state index contributed by atoms with van der Waals surface area (Å²) in [5, 5.41) is 0. The summed E-state index contributed by atoms with van der Waals surface area (Å²) in [6.45, 7) is 9.21. The molecule has 1 amide bonds. The summed E-state index contributed by atoms with van der Waals surface area (Å²) in [6.07, 6.45) is 2.87. The predicted molar refractivity (Wildman–Crippen MR) is 111 cm³/mol. The van der Waals surface area contributed by atoms with Crippen molar-refractivity contribution in [2.75, 3.05) is 33.7 Å². The molecule has 5 heteroatoms. The summed E-state index contributed by atoms with van der Waals surface area (Å²) in [4.78, 5) is 26.8. The molecule has 0 unspecified atom stereocenters. The third kappa shape index (κ3) is 3.12. The molecule has 5 nitrogen and oxygen atoms in total. The lowest BCUT2D eigenvalue weighted by atomic mass is 9.48. The summed E-state index contributed by atoms with van der Waals surface area (Å²) in [6, 6.07) is 9.94. The molecule has 2 fully saturated rings. The summed E-state index contributed by atoms with van der Waals surface area (Å²) in [7, 11) is 4.26. The average molecular weight is 379 g/mol. The first kappa shape index (κ1) is 19.1. The minimum absolute atomic E-state index is 0.0576. The summed E-state index contributed by atoms with van der Waals surface area (Å²) >= 11 is 0. The minimum Gasteiger partial charge on any atom is -0.338 e. The summed E-state index contributed by atoms with van der Waals surface area (Å²) in [5.41, 5.74) is 2.80. The van der Waals surface area contributed by atoms with Gasteiger partial charge in [0.1, 0.15) is 5.82 Å². The highest BCUT2D eigenvalue weighted by atomic mass is 16.2. The molecule has 4 rings (SSSR count). The van der Waals surface area contributed by atoms with Crippen LogP contribution in [-0.4, -0.2) is 59.4 Å². The molecule has 2 atom stereocenters. The van der Waals surface area contributed by atoms with Crippen molar-refractivity contribution in [1.82, 2.24) is 19.8 Å². The highest BCUT2D eigenvalue weighted by Crippen LogP contribution is 2.63. The van der Waals surface area contributed by atoms with Gasteiger partial charge in [0, 0.05) is 36.8 Å². The molecule has 2 heterocycles. The molecule has 28 heavy (non-hydrogen) atoms. The van der Waals surface area contributed by atoms with E-state index in [0.717, 1.165) is 30.9 Å². The number of hydrogen-bond donors (Lipinski definition) is 0. The highest BCUT2D eigenvalue weighted by Gasteiger charge is 2.63. The number of nitrogens with zero attached hydrogens (tertiary/aromatic N) is 4. The maximum Gasteiger partial charge on any atom is 0.257 e. The first-order valence-corrected chi connectivity index (χ1v) is 10.0. The monoisotopic (exact) mass is 378 g/mol. The van der Waals surface area contributed by atoms with Crippen LogP contribution in [0, 0.1) is 23.7 Å². The van der Waals surface area contributed by atoms with Crippen molar-refractivity contribution < 1.29 is 4.79 Å². The quantitative estimate of drug-likeness (QED) is 0.817. The normalized spacial score (nSPS) is 25.5. The molecule has 2 aromatic rings. The molecule has 1 saturated carbocycles. The van der Waals surface area contributed by atoms with E-state index in [1.807, 2.05) is 42.2 Å². The van der Waals surface area contributed by atoms with Crippen LogP contribution < -0.4 is 0 Å². The second-order valence-electron chi connectivity index (χ2n) is 9.55. The zero-order valence-corrected chi connectivity index (χ0v) is 17.6. The van der Waals surface area contributed by atoms with E-state index in [4.69, 9.17) is 0 Å². The number of carbonyl (C=O) groups is 1. The van der Waals surface area contributed by atoms with Crippen LogP contribution in [0.1, 0.15) is 36.5 Å². The van der Waals surface area contributed by atoms with Crippen molar-refractivity contribution in [2.45, 2.75) is 27.2 Å². The highest BCUT2D eigenvalue weighted by molar-refractivity contribution is 5.99. The molecule has 0 N–H and O–H groups in total. The summed E-state index contributed by atoms with van der Waals surface area (Å²) in [5.74, 6) is 1.28. The van der Waals surface area contributed by atoms with E-state index in [2.05, 4.69) is 42.8 Å². The van der Waals surface area contributed by atoms with Crippen LogP contribution >= 0.6 is 0 Å². The van der Waals surface area contributed by atoms with Crippen molar-refractivity contribution in [1.29, 1.82) is 0 Å². The fourth-order valence-electron chi connectivity index (χ4n) is 5.74. The molecule has 148 valence electrons. The number of hydrogen-bond acceptors (Lipinski definition) is 4. The predicted octanol–water partition coefficient (Wildman–Crippen LogP) is 3.50. The molecule has 0 spiro atoms. The molecule has 0 radical (unpaired) electrons. The van der Waals surface area contributed by atoms with Crippen molar-refractivity contribution >= 4 is 5.91 Å². The van der Waals surface area contributed by atoms with Gasteiger partial charge in [-0.2, -0.15) is 0 Å². The molecule has 1 aliphatic heterocycles. The first-order valence-electron chi connectivity index (χ1n) is 10.0. The third-order valence-electron chi connectivity index (χ3n) is 6.50. The number of carbonyl (C=O) groups excluding carboxylic acids is 1. The van der Waals surface area contributed by atoms with Crippen LogP contribution in [0.25, 0.3) is 11.3 Å². The van der Waals surface area contributed by atoms with Gasteiger partial charge in [-0.15, -0.1) is 0 Å². The van der Waals surface area contributed by atoms with Crippen LogP contribution in [0.2, 0.25) is 0 Å². The van der Waals surface area contributed by atoms with Gasteiger partial charge in [0.15, 0.2) is 0 Å². The molecule has 1 saturated heterocycles. The van der Waals surface area contributed by atoms with E-state index in [1.54, 1.807) is 6.20 Å². The molecular weight excluding hydrogens is 348 g/mol. The minimum atomic E-state index is 0.0576. The average Bonchev–Trinajstić information content (AvgIpc) is 2.95. The standard InChI is InChI=1S/C23H30N4O/c1-16-24-11-18(20(25-16)17-9-7-6-8-10-17)21(28)27-12-19-22(2,3)13-23(19,15-27)14-26(4)5/h6-11,19H,12-15H2,1-5H3/t19-,23+/m1/s1. The Labute approximate surface area is 167 Å². The fourth-order valence-corrected chi connectivity index (χ4v) is 5.74. The Morgan fingerprint density at radius 2 is 1.96 bits per heavy atom. The van der Waals surface area contributed by atoms with E-state index in [9.17, 15) is 4.79 Å². The Morgan fingerprint density at radius 1 is 1.25 bits per heavy atom. The third-order valence-corrected chi connectivity index (χ3v) is 6.50. The van der Waals surface area contributed by atoms with Crippen LogP contribution in [-0.2, 0) is 0 Å². The van der Waals surface area contributed by atoms with Crippen molar-refractivity contribution in [3.05, 3.63) is 47.9 Å². The molecule has 1 aromatic carbocycles. The Hall–Kier alpha value is -2.27. The summed E-state index contributed by atoms with van der Waals surface area (Å²) < 4.78 is 0. The molecule has 2 aliphatic rings. The topological polar surface area (TPSA) is 49.3 Å². The van der Waals surface area contributed by atoms with Gasteiger partial charge in [0.2, 0.25) is 0 Å². The van der Waals surface area contributed by atoms with E-state index < -0.39 is 0 Å².